The first-order valence-electron chi connectivity index (χ1n) is 6.55. The van der Waals surface area contributed by atoms with Crippen LogP contribution in [0.3, 0.4) is 0 Å². The maximum atomic E-state index is 11.9. The van der Waals surface area contributed by atoms with Gasteiger partial charge in [0.1, 0.15) is 0 Å². The van der Waals surface area contributed by atoms with Crippen molar-refractivity contribution in [3.05, 3.63) is 29.8 Å². The van der Waals surface area contributed by atoms with Crippen LogP contribution in [-0.4, -0.2) is 42.9 Å². The van der Waals surface area contributed by atoms with Crippen molar-refractivity contribution in [3.63, 3.8) is 0 Å². The molecule has 1 aliphatic rings. The molecule has 0 aromatic heterocycles. The SMILES string of the molecule is CCc1ccc(NC(=O)CN2CCNC(=O)C2)cc1. The van der Waals surface area contributed by atoms with Gasteiger partial charge >= 0.3 is 0 Å². The van der Waals surface area contributed by atoms with E-state index in [1.807, 2.05) is 29.2 Å². The molecule has 1 fully saturated rings. The number of aryl methyl sites for hydroxylation is 1. The molecule has 1 saturated heterocycles. The van der Waals surface area contributed by atoms with Crippen LogP contribution in [0.1, 0.15) is 12.5 Å². The molecule has 5 nitrogen and oxygen atoms in total. The summed E-state index contributed by atoms with van der Waals surface area (Å²) in [4.78, 5) is 24.9. The Labute approximate surface area is 113 Å². The lowest BCUT2D eigenvalue weighted by molar-refractivity contribution is -0.125. The van der Waals surface area contributed by atoms with Crippen molar-refractivity contribution in [2.45, 2.75) is 13.3 Å². The van der Waals surface area contributed by atoms with Gasteiger partial charge in [-0.05, 0) is 24.1 Å². The molecular weight excluding hydrogens is 242 g/mol. The average Bonchev–Trinajstić information content (AvgIpc) is 2.39. The second kappa shape index (κ2) is 6.33. The molecule has 102 valence electrons. The Morgan fingerprint density at radius 1 is 1.37 bits per heavy atom. The molecule has 0 aliphatic carbocycles. The van der Waals surface area contributed by atoms with Crippen molar-refractivity contribution in [2.24, 2.45) is 0 Å². The molecule has 0 unspecified atom stereocenters. The molecule has 1 aromatic carbocycles. The average molecular weight is 261 g/mol. The molecule has 0 atom stereocenters. The number of carbonyl (C=O) groups is 2. The fraction of sp³-hybridized carbons (Fsp3) is 0.429. The van der Waals surface area contributed by atoms with Gasteiger partial charge in [-0.15, -0.1) is 0 Å². The summed E-state index contributed by atoms with van der Waals surface area (Å²) in [5, 5.41) is 5.58. The van der Waals surface area contributed by atoms with Gasteiger partial charge in [0.2, 0.25) is 11.8 Å². The van der Waals surface area contributed by atoms with E-state index in [4.69, 9.17) is 0 Å². The third-order valence-electron chi connectivity index (χ3n) is 3.13. The van der Waals surface area contributed by atoms with Crippen LogP contribution >= 0.6 is 0 Å². The molecule has 5 heteroatoms. The molecule has 0 spiro atoms. The maximum Gasteiger partial charge on any atom is 0.238 e. The zero-order chi connectivity index (χ0) is 13.7. The van der Waals surface area contributed by atoms with Crippen LogP contribution in [0, 0.1) is 0 Å². The predicted molar refractivity (Wildman–Crippen MR) is 73.9 cm³/mol. The molecule has 1 aromatic rings. The second-order valence-electron chi connectivity index (χ2n) is 4.66. The lowest BCUT2D eigenvalue weighted by Crippen LogP contribution is -2.49. The van der Waals surface area contributed by atoms with Crippen LogP contribution in [0.4, 0.5) is 5.69 Å². The highest BCUT2D eigenvalue weighted by molar-refractivity contribution is 5.92. The zero-order valence-electron chi connectivity index (χ0n) is 11.1. The van der Waals surface area contributed by atoms with Gasteiger partial charge in [-0.25, -0.2) is 0 Å². The molecule has 0 radical (unpaired) electrons. The minimum absolute atomic E-state index is 0.0219. The van der Waals surface area contributed by atoms with Crippen LogP contribution in [0.2, 0.25) is 0 Å². The third-order valence-corrected chi connectivity index (χ3v) is 3.13. The number of carbonyl (C=O) groups excluding carboxylic acids is 2. The standard InChI is InChI=1S/C14H19N3O2/c1-2-11-3-5-12(6-4-11)16-14(19)10-17-8-7-15-13(18)9-17/h3-6H,2,7-10H2,1H3,(H,15,18)(H,16,19). The van der Waals surface area contributed by atoms with E-state index in [-0.39, 0.29) is 18.4 Å². The summed E-state index contributed by atoms with van der Waals surface area (Å²) >= 11 is 0. The van der Waals surface area contributed by atoms with Gasteiger partial charge < -0.3 is 10.6 Å². The van der Waals surface area contributed by atoms with Gasteiger partial charge in [-0.1, -0.05) is 19.1 Å². The highest BCUT2D eigenvalue weighted by Crippen LogP contribution is 2.10. The van der Waals surface area contributed by atoms with Crippen LogP contribution < -0.4 is 10.6 Å². The number of nitrogens with one attached hydrogen (secondary N) is 2. The van der Waals surface area contributed by atoms with E-state index in [1.54, 1.807) is 0 Å². The van der Waals surface area contributed by atoms with Gasteiger partial charge in [-0.2, -0.15) is 0 Å². The Kier molecular flexibility index (Phi) is 4.52. The molecule has 1 heterocycles. The van der Waals surface area contributed by atoms with Crippen molar-refractivity contribution in [3.8, 4) is 0 Å². The van der Waals surface area contributed by atoms with Crippen molar-refractivity contribution in [2.75, 3.05) is 31.5 Å². The van der Waals surface area contributed by atoms with Gasteiger partial charge in [0, 0.05) is 18.8 Å². The first kappa shape index (κ1) is 13.5. The third kappa shape index (κ3) is 4.06. The highest BCUT2D eigenvalue weighted by Gasteiger charge is 2.18. The summed E-state index contributed by atoms with van der Waals surface area (Å²) in [6.45, 7) is 3.96. The molecular formula is C14H19N3O2. The van der Waals surface area contributed by atoms with Crippen molar-refractivity contribution >= 4 is 17.5 Å². The van der Waals surface area contributed by atoms with E-state index in [0.29, 0.717) is 19.6 Å². The van der Waals surface area contributed by atoms with E-state index >= 15 is 0 Å². The fourth-order valence-corrected chi connectivity index (χ4v) is 2.05. The monoisotopic (exact) mass is 261 g/mol. The number of amides is 2. The van der Waals surface area contributed by atoms with E-state index in [9.17, 15) is 9.59 Å². The number of piperazine rings is 1. The Morgan fingerprint density at radius 2 is 2.11 bits per heavy atom. The number of rotatable bonds is 4. The zero-order valence-corrected chi connectivity index (χ0v) is 11.1. The first-order valence-corrected chi connectivity index (χ1v) is 6.55. The van der Waals surface area contributed by atoms with Crippen molar-refractivity contribution in [1.82, 2.24) is 10.2 Å². The maximum absolute atomic E-state index is 11.9. The van der Waals surface area contributed by atoms with Crippen LogP contribution in [0.25, 0.3) is 0 Å². The summed E-state index contributed by atoms with van der Waals surface area (Å²) in [6, 6.07) is 7.81. The largest absolute Gasteiger partial charge is 0.354 e. The minimum atomic E-state index is -0.0843. The number of anilines is 1. The predicted octanol–water partition coefficient (Wildman–Crippen LogP) is 0.619. The van der Waals surface area contributed by atoms with Gasteiger partial charge in [0.05, 0.1) is 13.1 Å². The van der Waals surface area contributed by atoms with E-state index in [1.165, 1.54) is 5.56 Å². The molecule has 2 N–H and O–H groups in total. The summed E-state index contributed by atoms with van der Waals surface area (Å²) in [5.41, 5.74) is 2.04. The van der Waals surface area contributed by atoms with Crippen LogP contribution in [0.15, 0.2) is 24.3 Å². The number of nitrogens with zero attached hydrogens (tertiary/aromatic N) is 1. The van der Waals surface area contributed by atoms with Gasteiger partial charge in [-0.3, -0.25) is 14.5 Å². The lowest BCUT2D eigenvalue weighted by atomic mass is 10.1. The van der Waals surface area contributed by atoms with Gasteiger partial charge in [0.15, 0.2) is 0 Å². The summed E-state index contributed by atoms with van der Waals surface area (Å²) in [6.07, 6.45) is 0.983. The molecule has 1 aliphatic heterocycles. The van der Waals surface area contributed by atoms with Crippen LogP contribution in [-0.2, 0) is 16.0 Å². The first-order chi connectivity index (χ1) is 9.17. The molecule has 0 saturated carbocycles. The Balaban J connectivity index is 1.84. The van der Waals surface area contributed by atoms with Crippen molar-refractivity contribution in [1.29, 1.82) is 0 Å². The Hall–Kier alpha value is -1.88. The lowest BCUT2D eigenvalue weighted by Gasteiger charge is -2.25. The van der Waals surface area contributed by atoms with E-state index in [2.05, 4.69) is 17.6 Å². The number of benzene rings is 1. The van der Waals surface area contributed by atoms with E-state index < -0.39 is 0 Å². The summed E-state index contributed by atoms with van der Waals surface area (Å²) < 4.78 is 0. The Morgan fingerprint density at radius 3 is 2.74 bits per heavy atom. The summed E-state index contributed by atoms with van der Waals surface area (Å²) in [7, 11) is 0. The topological polar surface area (TPSA) is 61.4 Å². The number of hydrogen-bond acceptors (Lipinski definition) is 3. The molecule has 2 amide bonds. The number of hydrogen-bond donors (Lipinski definition) is 2. The quantitative estimate of drug-likeness (QED) is 0.835. The summed E-state index contributed by atoms with van der Waals surface area (Å²) in [5.74, 6) is -0.106. The minimum Gasteiger partial charge on any atom is -0.354 e. The van der Waals surface area contributed by atoms with Crippen molar-refractivity contribution < 1.29 is 9.59 Å². The second-order valence-corrected chi connectivity index (χ2v) is 4.66. The molecule has 2 rings (SSSR count). The Bertz CT molecular complexity index is 456. The smallest absolute Gasteiger partial charge is 0.238 e. The van der Waals surface area contributed by atoms with Gasteiger partial charge in [0.25, 0.3) is 0 Å². The fourth-order valence-electron chi connectivity index (χ4n) is 2.05. The van der Waals surface area contributed by atoms with E-state index in [0.717, 1.165) is 12.1 Å². The van der Waals surface area contributed by atoms with Crippen LogP contribution in [0.5, 0.6) is 0 Å². The molecule has 0 bridgehead atoms. The highest BCUT2D eigenvalue weighted by atomic mass is 16.2. The molecule has 19 heavy (non-hydrogen) atoms. The normalized spacial score (nSPS) is 15.9.